The van der Waals surface area contributed by atoms with Gasteiger partial charge >= 0.3 is 0 Å². The fourth-order valence-corrected chi connectivity index (χ4v) is 2.12. The van der Waals surface area contributed by atoms with Crippen LogP contribution in [0.5, 0.6) is 0 Å². The second-order valence-corrected chi connectivity index (χ2v) is 3.91. The van der Waals surface area contributed by atoms with E-state index in [1.54, 1.807) is 22.2 Å². The van der Waals surface area contributed by atoms with E-state index in [2.05, 4.69) is 27.6 Å². The van der Waals surface area contributed by atoms with E-state index in [-0.39, 0.29) is 0 Å². The van der Waals surface area contributed by atoms with Crippen LogP contribution in [0.15, 0.2) is 42.2 Å². The second-order valence-electron chi connectivity index (χ2n) is 2.96. The van der Waals surface area contributed by atoms with Crippen molar-refractivity contribution in [2.45, 2.75) is 0 Å². The number of fused-ring (bicyclic) bond motifs is 1. The molecule has 68 valence electrons. The summed E-state index contributed by atoms with van der Waals surface area (Å²) in [5, 5.41) is 6.17. The van der Waals surface area contributed by atoms with Gasteiger partial charge in [-0.05, 0) is 23.6 Å². The van der Waals surface area contributed by atoms with Gasteiger partial charge in [-0.25, -0.2) is 9.50 Å². The summed E-state index contributed by atoms with van der Waals surface area (Å²) in [7, 11) is 0. The molecule has 3 heterocycles. The lowest BCUT2D eigenvalue weighted by molar-refractivity contribution is 0.963. The topological polar surface area (TPSA) is 30.2 Å². The fourth-order valence-electron chi connectivity index (χ4n) is 1.41. The smallest absolute Gasteiger partial charge is 0.155 e. The monoisotopic (exact) mass is 201 g/mol. The lowest BCUT2D eigenvalue weighted by atomic mass is 10.2. The van der Waals surface area contributed by atoms with Gasteiger partial charge < -0.3 is 0 Å². The fraction of sp³-hybridized carbons (Fsp3) is 0. The third-order valence-electron chi connectivity index (χ3n) is 2.08. The Morgan fingerprint density at radius 2 is 2.21 bits per heavy atom. The Morgan fingerprint density at radius 1 is 1.21 bits per heavy atom. The minimum Gasteiger partial charge on any atom is -0.221 e. The van der Waals surface area contributed by atoms with E-state index in [1.165, 1.54) is 10.4 Å². The van der Waals surface area contributed by atoms with Crippen molar-refractivity contribution in [2.75, 3.05) is 0 Å². The predicted octanol–water partition coefficient (Wildman–Crippen LogP) is 2.46. The van der Waals surface area contributed by atoms with Crippen LogP contribution in [0.4, 0.5) is 0 Å². The molecule has 0 aliphatic carbocycles. The summed E-state index contributed by atoms with van der Waals surface area (Å²) in [4.78, 5) is 5.35. The van der Waals surface area contributed by atoms with E-state index in [4.69, 9.17) is 0 Å². The van der Waals surface area contributed by atoms with Gasteiger partial charge in [0.25, 0.3) is 0 Å². The normalized spacial score (nSPS) is 10.9. The number of thiophene rings is 1. The molecule has 0 N–H and O–H groups in total. The Balaban J connectivity index is 2.23. The van der Waals surface area contributed by atoms with Gasteiger partial charge in [0.2, 0.25) is 0 Å². The Morgan fingerprint density at radius 3 is 3.07 bits per heavy atom. The predicted molar refractivity (Wildman–Crippen MR) is 56.3 cm³/mol. The molecule has 3 rings (SSSR count). The zero-order valence-electron chi connectivity index (χ0n) is 7.29. The van der Waals surface area contributed by atoms with Crippen molar-refractivity contribution in [3.8, 4) is 10.4 Å². The molecule has 0 aliphatic heterocycles. The summed E-state index contributed by atoms with van der Waals surface area (Å²) in [5.74, 6) is 0. The highest BCUT2D eigenvalue weighted by atomic mass is 32.1. The average Bonchev–Trinajstić information content (AvgIpc) is 2.88. The molecule has 0 saturated carbocycles. The molecule has 3 nitrogen and oxygen atoms in total. The van der Waals surface area contributed by atoms with Crippen LogP contribution in [0.3, 0.4) is 0 Å². The molecule has 0 aliphatic rings. The number of hydrogen-bond donors (Lipinski definition) is 0. The molecule has 0 unspecified atom stereocenters. The highest BCUT2D eigenvalue weighted by molar-refractivity contribution is 7.13. The number of aromatic nitrogens is 3. The summed E-state index contributed by atoms with van der Waals surface area (Å²) in [6.07, 6.45) is 3.56. The highest BCUT2D eigenvalue weighted by Gasteiger charge is 2.00. The number of rotatable bonds is 1. The van der Waals surface area contributed by atoms with E-state index >= 15 is 0 Å². The van der Waals surface area contributed by atoms with E-state index in [1.807, 2.05) is 18.3 Å². The molecule has 3 aromatic rings. The summed E-state index contributed by atoms with van der Waals surface area (Å²) in [6, 6.07) is 8.19. The van der Waals surface area contributed by atoms with Crippen LogP contribution >= 0.6 is 11.3 Å². The van der Waals surface area contributed by atoms with Crippen molar-refractivity contribution in [1.29, 1.82) is 0 Å². The van der Waals surface area contributed by atoms with Crippen LogP contribution < -0.4 is 0 Å². The molecule has 4 heteroatoms. The Labute approximate surface area is 84.7 Å². The second kappa shape index (κ2) is 2.92. The van der Waals surface area contributed by atoms with Crippen LogP contribution in [-0.2, 0) is 0 Å². The molecular weight excluding hydrogens is 194 g/mol. The molecule has 0 atom stereocenters. The van der Waals surface area contributed by atoms with Crippen LogP contribution in [0.1, 0.15) is 0 Å². The van der Waals surface area contributed by atoms with Crippen LogP contribution in [0.25, 0.3) is 16.1 Å². The lowest BCUT2D eigenvalue weighted by Crippen LogP contribution is -1.86. The molecule has 0 saturated heterocycles. The van der Waals surface area contributed by atoms with Gasteiger partial charge in [-0.15, -0.1) is 11.3 Å². The first-order valence-electron chi connectivity index (χ1n) is 4.27. The molecule has 0 spiro atoms. The average molecular weight is 201 g/mol. The van der Waals surface area contributed by atoms with Gasteiger partial charge in [0.15, 0.2) is 5.65 Å². The van der Waals surface area contributed by atoms with Gasteiger partial charge in [-0.3, -0.25) is 0 Å². The van der Waals surface area contributed by atoms with Crippen molar-refractivity contribution in [3.63, 3.8) is 0 Å². The Kier molecular flexibility index (Phi) is 1.61. The van der Waals surface area contributed by atoms with Crippen molar-refractivity contribution < 1.29 is 0 Å². The minimum absolute atomic E-state index is 0.880. The molecule has 0 fully saturated rings. The number of pyridine rings is 1. The Bertz CT molecular complexity index is 554. The molecular formula is C10H7N3S. The summed E-state index contributed by atoms with van der Waals surface area (Å²) < 4.78 is 1.79. The first-order valence-corrected chi connectivity index (χ1v) is 5.15. The van der Waals surface area contributed by atoms with E-state index in [9.17, 15) is 0 Å². The molecule has 0 radical (unpaired) electrons. The maximum Gasteiger partial charge on any atom is 0.155 e. The van der Waals surface area contributed by atoms with Crippen LogP contribution in [-0.4, -0.2) is 14.6 Å². The van der Waals surface area contributed by atoms with Crippen LogP contribution in [0, 0.1) is 0 Å². The quantitative estimate of drug-likeness (QED) is 0.605. The van der Waals surface area contributed by atoms with Crippen molar-refractivity contribution in [3.05, 3.63) is 42.2 Å². The van der Waals surface area contributed by atoms with Crippen molar-refractivity contribution in [1.82, 2.24) is 14.6 Å². The van der Waals surface area contributed by atoms with Crippen molar-refractivity contribution >= 4 is 17.0 Å². The number of hydrogen-bond acceptors (Lipinski definition) is 3. The SMILES string of the molecule is c1csc(-c2ccc3ncnn3c2)c1. The highest BCUT2D eigenvalue weighted by Crippen LogP contribution is 2.24. The summed E-state index contributed by atoms with van der Waals surface area (Å²) in [5.41, 5.74) is 2.06. The first-order chi connectivity index (χ1) is 6.93. The zero-order chi connectivity index (χ0) is 9.38. The van der Waals surface area contributed by atoms with Crippen LogP contribution in [0.2, 0.25) is 0 Å². The van der Waals surface area contributed by atoms with E-state index < -0.39 is 0 Å². The molecule has 0 aromatic carbocycles. The Hall–Kier alpha value is -1.68. The van der Waals surface area contributed by atoms with Gasteiger partial charge in [-0.2, -0.15) is 5.10 Å². The third kappa shape index (κ3) is 1.12. The summed E-state index contributed by atoms with van der Waals surface area (Å²) in [6.45, 7) is 0. The van der Waals surface area contributed by atoms with E-state index in [0.29, 0.717) is 0 Å². The van der Waals surface area contributed by atoms with Gasteiger partial charge in [-0.1, -0.05) is 6.07 Å². The van der Waals surface area contributed by atoms with Gasteiger partial charge in [0.05, 0.1) is 0 Å². The maximum atomic E-state index is 4.10. The molecule has 0 amide bonds. The van der Waals surface area contributed by atoms with Gasteiger partial charge in [0, 0.05) is 16.6 Å². The summed E-state index contributed by atoms with van der Waals surface area (Å²) >= 11 is 1.73. The standard InChI is InChI=1S/C10H7N3S/c1-2-9(14-5-1)8-3-4-10-11-7-12-13(10)6-8/h1-7H. The number of nitrogens with zero attached hydrogens (tertiary/aromatic N) is 3. The van der Waals surface area contributed by atoms with Crippen molar-refractivity contribution in [2.24, 2.45) is 0 Å². The first kappa shape index (κ1) is 7.70. The molecule has 3 aromatic heterocycles. The largest absolute Gasteiger partial charge is 0.221 e. The lowest BCUT2D eigenvalue weighted by Gasteiger charge is -1.97. The third-order valence-corrected chi connectivity index (χ3v) is 3.00. The molecule has 14 heavy (non-hydrogen) atoms. The zero-order valence-corrected chi connectivity index (χ0v) is 8.11. The van der Waals surface area contributed by atoms with E-state index in [0.717, 1.165) is 5.65 Å². The maximum absolute atomic E-state index is 4.10. The minimum atomic E-state index is 0.880. The van der Waals surface area contributed by atoms with Gasteiger partial charge in [0.1, 0.15) is 6.33 Å². The molecule has 0 bridgehead atoms.